The molecule has 0 unspecified atom stereocenters. The molecule has 2 heterocycles. The van der Waals surface area contributed by atoms with Gasteiger partial charge in [-0.3, -0.25) is 0 Å². The second-order valence-electron chi connectivity index (χ2n) is 21.5. The minimum absolute atomic E-state index is 0. The van der Waals surface area contributed by atoms with Gasteiger partial charge in [-0.2, -0.15) is 0 Å². The highest BCUT2D eigenvalue weighted by Gasteiger charge is 2.47. The van der Waals surface area contributed by atoms with Crippen LogP contribution in [-0.2, 0) is 10.8 Å². The first-order chi connectivity index (χ1) is 40.6. The standard InChI is InChI=1S/C47H31NO.C31H19ClO.CH4/c1-3-16-33(17-4-1)47(42-23-11-9-21-38(42)39-22-10-12-24-43(39)47)34-26-28-40-41-29-27-36(31-46(41)49-45(40)30-34)48(35-18-5-2-6-19-35)44-25-13-15-32-14-7-8-20-37(32)44;32-22-15-17-26-25-16-14-21(18-29(25)33-30(26)19-22)31(20-8-2-1-3-9-20)27-12-6-4-10-23(27)24-11-5-7-13-28(24)31;/h1-31H;1-19H;1H4. The lowest BCUT2D eigenvalue weighted by atomic mass is 9.67. The van der Waals surface area contributed by atoms with Crippen molar-refractivity contribution in [3.05, 3.63) is 353 Å². The first-order valence-electron chi connectivity index (χ1n) is 28.0. The molecule has 17 rings (SSSR count). The van der Waals surface area contributed by atoms with E-state index in [9.17, 15) is 0 Å². The average molecular weight is 1080 g/mol. The van der Waals surface area contributed by atoms with Crippen molar-refractivity contribution in [1.82, 2.24) is 0 Å². The predicted molar refractivity (Wildman–Crippen MR) is 346 cm³/mol. The molecule has 0 saturated heterocycles. The first kappa shape index (κ1) is 49.8. The number of hydrogen-bond acceptors (Lipinski definition) is 3. The zero-order valence-electron chi connectivity index (χ0n) is 44.5. The number of halogens is 1. The Morgan fingerprint density at radius 1 is 0.277 bits per heavy atom. The molecule has 0 radical (unpaired) electrons. The van der Waals surface area contributed by atoms with Crippen molar-refractivity contribution in [2.24, 2.45) is 0 Å². The Morgan fingerprint density at radius 2 is 0.663 bits per heavy atom. The average Bonchev–Trinajstić information content (AvgIpc) is 2.13. The molecule has 0 atom stereocenters. The molecule has 0 amide bonds. The number of fused-ring (bicyclic) bond motifs is 13. The molecular weight excluding hydrogens is 1030 g/mol. The molecule has 0 saturated carbocycles. The predicted octanol–water partition coefficient (Wildman–Crippen LogP) is 21.8. The van der Waals surface area contributed by atoms with E-state index in [0.29, 0.717) is 5.02 Å². The van der Waals surface area contributed by atoms with Crippen LogP contribution in [0, 0.1) is 0 Å². The summed E-state index contributed by atoms with van der Waals surface area (Å²) in [5.74, 6) is 0. The fraction of sp³-hybridized carbons (Fsp3) is 0.0380. The van der Waals surface area contributed by atoms with Gasteiger partial charge in [0.05, 0.1) is 16.5 Å². The van der Waals surface area contributed by atoms with Crippen LogP contribution >= 0.6 is 11.6 Å². The molecule has 0 N–H and O–H groups in total. The maximum absolute atomic E-state index is 6.83. The van der Waals surface area contributed by atoms with Crippen LogP contribution < -0.4 is 4.90 Å². The van der Waals surface area contributed by atoms with Crippen molar-refractivity contribution in [3.8, 4) is 22.3 Å². The maximum Gasteiger partial charge on any atom is 0.137 e. The van der Waals surface area contributed by atoms with E-state index in [1.54, 1.807) is 0 Å². The molecule has 2 aliphatic carbocycles. The van der Waals surface area contributed by atoms with Gasteiger partial charge in [0.25, 0.3) is 0 Å². The Hall–Kier alpha value is -10.2. The molecule has 13 aromatic carbocycles. The van der Waals surface area contributed by atoms with Crippen LogP contribution in [0.2, 0.25) is 5.02 Å². The number of hydrogen-bond donors (Lipinski definition) is 0. The summed E-state index contributed by atoms with van der Waals surface area (Å²) in [6.45, 7) is 0. The van der Waals surface area contributed by atoms with Crippen LogP contribution in [0.5, 0.6) is 0 Å². The van der Waals surface area contributed by atoms with Crippen molar-refractivity contribution in [2.75, 3.05) is 4.90 Å². The Labute approximate surface area is 487 Å². The van der Waals surface area contributed by atoms with Gasteiger partial charge in [0.15, 0.2) is 0 Å². The van der Waals surface area contributed by atoms with Crippen molar-refractivity contribution in [2.45, 2.75) is 18.3 Å². The van der Waals surface area contributed by atoms with E-state index in [2.05, 4.69) is 290 Å². The zero-order valence-corrected chi connectivity index (χ0v) is 45.3. The summed E-state index contributed by atoms with van der Waals surface area (Å²) in [6.07, 6.45) is 0. The highest BCUT2D eigenvalue weighted by molar-refractivity contribution is 6.31. The Bertz CT molecular complexity index is 4870. The molecule has 0 fully saturated rings. The van der Waals surface area contributed by atoms with Gasteiger partial charge in [-0.25, -0.2) is 0 Å². The smallest absolute Gasteiger partial charge is 0.137 e. The minimum Gasteiger partial charge on any atom is -0.456 e. The minimum atomic E-state index is -0.467. The van der Waals surface area contributed by atoms with E-state index >= 15 is 0 Å². The van der Waals surface area contributed by atoms with Crippen molar-refractivity contribution >= 4 is 83.3 Å². The molecule has 0 spiro atoms. The van der Waals surface area contributed by atoms with Crippen LogP contribution in [0.4, 0.5) is 17.1 Å². The molecule has 4 heteroatoms. The number of nitrogens with zero attached hydrogens (tertiary/aromatic N) is 1. The van der Waals surface area contributed by atoms with Crippen LogP contribution in [0.15, 0.2) is 312 Å². The third kappa shape index (κ3) is 7.58. The second-order valence-corrected chi connectivity index (χ2v) is 22.0. The molecule has 0 bridgehead atoms. The summed E-state index contributed by atoms with van der Waals surface area (Å²) in [7, 11) is 0. The van der Waals surface area contributed by atoms with Gasteiger partial charge in [-0.1, -0.05) is 256 Å². The topological polar surface area (TPSA) is 29.5 Å². The van der Waals surface area contributed by atoms with E-state index in [-0.39, 0.29) is 7.43 Å². The normalized spacial score (nSPS) is 13.2. The Morgan fingerprint density at radius 3 is 1.17 bits per heavy atom. The largest absolute Gasteiger partial charge is 0.456 e. The monoisotopic (exact) mass is 1080 g/mol. The van der Waals surface area contributed by atoms with Gasteiger partial charge in [0.1, 0.15) is 22.3 Å². The third-order valence-corrected chi connectivity index (χ3v) is 17.6. The van der Waals surface area contributed by atoms with Gasteiger partial charge >= 0.3 is 0 Å². The van der Waals surface area contributed by atoms with Gasteiger partial charge in [-0.15, -0.1) is 0 Å². The molecule has 0 aliphatic heterocycles. The lowest BCUT2D eigenvalue weighted by Crippen LogP contribution is -2.28. The van der Waals surface area contributed by atoms with E-state index in [4.69, 9.17) is 20.4 Å². The summed E-state index contributed by atoms with van der Waals surface area (Å²) in [5.41, 5.74) is 21.1. The van der Waals surface area contributed by atoms with E-state index < -0.39 is 10.8 Å². The number of anilines is 3. The van der Waals surface area contributed by atoms with Crippen LogP contribution in [0.3, 0.4) is 0 Å². The lowest BCUT2D eigenvalue weighted by Gasteiger charge is -2.33. The van der Waals surface area contributed by atoms with Crippen molar-refractivity contribution in [1.29, 1.82) is 0 Å². The van der Waals surface area contributed by atoms with Crippen LogP contribution in [0.25, 0.3) is 76.9 Å². The molecule has 2 aliphatic rings. The van der Waals surface area contributed by atoms with Crippen LogP contribution in [-0.4, -0.2) is 0 Å². The molecule has 3 nitrogen and oxygen atoms in total. The molecule has 2 aromatic heterocycles. The van der Waals surface area contributed by atoms with Gasteiger partial charge in [0.2, 0.25) is 0 Å². The molecule has 394 valence electrons. The zero-order chi connectivity index (χ0) is 54.4. The van der Waals surface area contributed by atoms with Crippen molar-refractivity contribution < 1.29 is 8.83 Å². The summed E-state index contributed by atoms with van der Waals surface area (Å²) >= 11 is 6.24. The molecule has 15 aromatic rings. The maximum atomic E-state index is 6.83. The number of benzene rings is 13. The number of furan rings is 2. The van der Waals surface area contributed by atoms with E-state index in [1.807, 2.05) is 18.2 Å². The lowest BCUT2D eigenvalue weighted by molar-refractivity contribution is 0.665. The van der Waals surface area contributed by atoms with Gasteiger partial charge in [-0.05, 0) is 127 Å². The summed E-state index contributed by atoms with van der Waals surface area (Å²) < 4.78 is 13.1. The van der Waals surface area contributed by atoms with Crippen LogP contribution in [0.1, 0.15) is 51.9 Å². The summed E-state index contributed by atoms with van der Waals surface area (Å²) in [4.78, 5) is 2.33. The highest BCUT2D eigenvalue weighted by atomic mass is 35.5. The van der Waals surface area contributed by atoms with E-state index in [1.165, 1.54) is 77.5 Å². The Kier molecular flexibility index (Phi) is 11.9. The SMILES string of the molecule is C.Clc1ccc2c(c1)oc1cc(C3(c4ccccc4)c4ccccc4-c4ccccc43)ccc12.c1ccc(N(c2ccc3c(c2)oc2cc(C4(c5ccccc5)c5ccccc5-c5ccccc54)ccc23)c2cccc3ccccc23)cc1. The Balaban J connectivity index is 0.000000151. The first-order valence-corrected chi connectivity index (χ1v) is 28.4. The van der Waals surface area contributed by atoms with E-state index in [0.717, 1.165) is 60.9 Å². The fourth-order valence-electron chi connectivity index (χ4n) is 14.0. The molecular formula is C79H54ClNO2. The number of rotatable bonds is 7. The summed E-state index contributed by atoms with van der Waals surface area (Å²) in [6, 6.07) is 109. The highest BCUT2D eigenvalue weighted by Crippen LogP contribution is 2.58. The van der Waals surface area contributed by atoms with Gasteiger partial charge < -0.3 is 13.7 Å². The fourth-order valence-corrected chi connectivity index (χ4v) is 14.1. The summed E-state index contributed by atoms with van der Waals surface area (Å²) in [5, 5.41) is 7.50. The third-order valence-electron chi connectivity index (χ3n) is 17.4. The number of para-hydroxylation sites is 1. The molecule has 83 heavy (non-hydrogen) atoms. The van der Waals surface area contributed by atoms with Crippen molar-refractivity contribution in [3.63, 3.8) is 0 Å². The quantitative estimate of drug-likeness (QED) is 0.159. The second kappa shape index (κ2) is 19.8. The van der Waals surface area contributed by atoms with Gasteiger partial charge in [0, 0.05) is 55.5 Å².